The minimum absolute atomic E-state index is 0.0265. The Morgan fingerprint density at radius 1 is 0.975 bits per heavy atom. The number of unbranched alkanes of at least 4 members (excludes halogenated alkanes) is 1. The Kier molecular flexibility index (Phi) is 9.38. The average molecular weight is 556 g/mol. The van der Waals surface area contributed by atoms with Crippen molar-refractivity contribution in [3.05, 3.63) is 89.1 Å². The van der Waals surface area contributed by atoms with Crippen LogP contribution in [0.4, 0.5) is 11.4 Å². The number of nitrogens with one attached hydrogen (secondary N) is 1. The van der Waals surface area contributed by atoms with Crippen LogP contribution in [-0.2, 0) is 6.42 Å². The fourth-order valence-corrected chi connectivity index (χ4v) is 5.78. The molecule has 0 bridgehead atoms. The maximum Gasteiger partial charge on any atom is 0.251 e. The normalized spacial score (nSPS) is 10.9. The van der Waals surface area contributed by atoms with Crippen molar-refractivity contribution in [2.75, 3.05) is 18.5 Å². The van der Waals surface area contributed by atoms with E-state index in [0.717, 1.165) is 45.7 Å². The van der Waals surface area contributed by atoms with Crippen molar-refractivity contribution in [3.63, 3.8) is 0 Å². The van der Waals surface area contributed by atoms with Gasteiger partial charge in [0.1, 0.15) is 10.6 Å². The minimum Gasteiger partial charge on any atom is -0.504 e. The van der Waals surface area contributed by atoms with Crippen LogP contribution >= 0.6 is 11.8 Å². The van der Waals surface area contributed by atoms with Crippen molar-refractivity contribution in [3.8, 4) is 22.8 Å². The van der Waals surface area contributed by atoms with Gasteiger partial charge in [-0.2, -0.15) is 0 Å². The fourth-order valence-electron chi connectivity index (χ4n) is 4.94. The number of aromatic nitrogens is 1. The van der Waals surface area contributed by atoms with E-state index in [1.54, 1.807) is 13.1 Å². The first-order chi connectivity index (χ1) is 19.3. The topological polar surface area (TPSA) is 85.7 Å². The summed E-state index contributed by atoms with van der Waals surface area (Å²) in [7, 11) is 1.62. The largest absolute Gasteiger partial charge is 0.504 e. The quantitative estimate of drug-likeness (QED) is 0.185. The lowest BCUT2D eigenvalue weighted by Gasteiger charge is -2.28. The lowest BCUT2D eigenvalue weighted by molar-refractivity contribution is 0.0963. The van der Waals surface area contributed by atoms with Crippen LogP contribution in [0.15, 0.2) is 76.5 Å². The third-order valence-corrected chi connectivity index (χ3v) is 7.90. The first-order valence-corrected chi connectivity index (χ1v) is 14.5. The number of benzene rings is 3. The summed E-state index contributed by atoms with van der Waals surface area (Å²) < 4.78 is 0. The van der Waals surface area contributed by atoms with Gasteiger partial charge in [0.2, 0.25) is 5.88 Å². The average Bonchev–Trinajstić information content (AvgIpc) is 2.95. The highest BCUT2D eigenvalue weighted by molar-refractivity contribution is 7.99. The molecule has 0 spiro atoms. The Morgan fingerprint density at radius 2 is 1.65 bits per heavy atom. The van der Waals surface area contributed by atoms with Crippen LogP contribution in [0.3, 0.4) is 0 Å². The molecule has 0 saturated heterocycles. The summed E-state index contributed by atoms with van der Waals surface area (Å²) in [5.41, 5.74) is 6.92. The molecule has 0 radical (unpaired) electrons. The van der Waals surface area contributed by atoms with Gasteiger partial charge in [-0.15, -0.1) is 0 Å². The molecule has 4 aromatic rings. The van der Waals surface area contributed by atoms with Gasteiger partial charge >= 0.3 is 0 Å². The van der Waals surface area contributed by atoms with E-state index in [2.05, 4.69) is 61.1 Å². The first-order valence-electron chi connectivity index (χ1n) is 13.7. The molecule has 1 heterocycles. The van der Waals surface area contributed by atoms with Gasteiger partial charge in [0, 0.05) is 29.7 Å². The molecule has 3 N–H and O–H groups in total. The Labute approximate surface area is 241 Å². The number of pyridine rings is 1. The zero-order valence-corrected chi connectivity index (χ0v) is 24.6. The molecule has 0 saturated carbocycles. The molecule has 7 heteroatoms. The van der Waals surface area contributed by atoms with Gasteiger partial charge in [0.05, 0.1) is 5.69 Å². The second-order valence-corrected chi connectivity index (χ2v) is 10.9. The van der Waals surface area contributed by atoms with Crippen molar-refractivity contribution < 1.29 is 15.0 Å². The second kappa shape index (κ2) is 12.9. The molecule has 0 unspecified atom stereocenters. The van der Waals surface area contributed by atoms with Gasteiger partial charge < -0.3 is 20.4 Å². The van der Waals surface area contributed by atoms with Crippen molar-refractivity contribution in [2.24, 2.45) is 0 Å². The molecular weight excluding hydrogens is 518 g/mol. The summed E-state index contributed by atoms with van der Waals surface area (Å²) in [6, 6.07) is 21.5. The number of hydrogen-bond donors (Lipinski definition) is 3. The zero-order chi connectivity index (χ0) is 28.8. The smallest absolute Gasteiger partial charge is 0.251 e. The number of nitrogens with zero attached hydrogens (tertiary/aromatic N) is 2. The molecule has 0 fully saturated rings. The molecule has 6 nitrogen and oxygen atoms in total. The van der Waals surface area contributed by atoms with E-state index in [9.17, 15) is 15.0 Å². The lowest BCUT2D eigenvalue weighted by Crippen LogP contribution is -2.19. The van der Waals surface area contributed by atoms with Crippen LogP contribution in [0.5, 0.6) is 11.6 Å². The Balaban J connectivity index is 1.74. The van der Waals surface area contributed by atoms with E-state index < -0.39 is 0 Å². The summed E-state index contributed by atoms with van der Waals surface area (Å²) in [6.45, 7) is 8.92. The van der Waals surface area contributed by atoms with E-state index in [1.165, 1.54) is 11.8 Å². The second-order valence-electron chi connectivity index (χ2n) is 9.85. The Bertz CT molecular complexity index is 1480. The van der Waals surface area contributed by atoms with Crippen LogP contribution in [0.25, 0.3) is 11.1 Å². The van der Waals surface area contributed by atoms with Crippen molar-refractivity contribution in [1.82, 2.24) is 10.3 Å². The number of rotatable bonds is 10. The predicted molar refractivity (Wildman–Crippen MR) is 164 cm³/mol. The highest BCUT2D eigenvalue weighted by Crippen LogP contribution is 2.48. The third-order valence-electron chi connectivity index (χ3n) is 6.81. The molecule has 208 valence electrons. The SMILES string of the molecule is CCCCc1nc(O)c(Sc2ccc(-c3ccccc3C(=O)NC)cc2)c(O)c1N(CC)c1cc(C)cc(C)c1. The lowest BCUT2D eigenvalue weighted by atomic mass is 9.99. The number of amides is 1. The number of aryl methyl sites for hydroxylation is 3. The minimum atomic E-state index is -0.178. The van der Waals surface area contributed by atoms with E-state index in [4.69, 9.17) is 0 Å². The molecular formula is C33H37N3O3S. The van der Waals surface area contributed by atoms with Gasteiger partial charge in [-0.1, -0.05) is 61.5 Å². The van der Waals surface area contributed by atoms with Crippen LogP contribution in [0.2, 0.25) is 0 Å². The van der Waals surface area contributed by atoms with Crippen molar-refractivity contribution in [1.29, 1.82) is 0 Å². The number of carbonyl (C=O) groups is 1. The maximum atomic E-state index is 12.4. The molecule has 1 aromatic heterocycles. The van der Waals surface area contributed by atoms with E-state index in [1.807, 2.05) is 42.5 Å². The summed E-state index contributed by atoms with van der Waals surface area (Å²) in [6.07, 6.45) is 2.53. The molecule has 3 aromatic carbocycles. The van der Waals surface area contributed by atoms with E-state index >= 15 is 0 Å². The molecule has 40 heavy (non-hydrogen) atoms. The zero-order valence-electron chi connectivity index (χ0n) is 23.8. The van der Waals surface area contributed by atoms with Gasteiger partial charge in [-0.25, -0.2) is 4.98 Å². The highest BCUT2D eigenvalue weighted by Gasteiger charge is 2.25. The van der Waals surface area contributed by atoms with Crippen molar-refractivity contribution >= 4 is 29.0 Å². The third kappa shape index (κ3) is 6.26. The Hall–Kier alpha value is -3.97. The molecule has 4 rings (SSSR count). The Morgan fingerprint density at radius 3 is 2.27 bits per heavy atom. The van der Waals surface area contributed by atoms with Gasteiger partial charge in [0.15, 0.2) is 5.75 Å². The number of aromatic hydroxyl groups is 2. The van der Waals surface area contributed by atoms with Crippen LogP contribution in [0.1, 0.15) is 53.9 Å². The summed E-state index contributed by atoms with van der Waals surface area (Å²) in [5.74, 6) is -0.295. The highest BCUT2D eigenvalue weighted by atomic mass is 32.2. The van der Waals surface area contributed by atoms with Crippen LogP contribution < -0.4 is 10.2 Å². The maximum absolute atomic E-state index is 12.4. The predicted octanol–water partition coefficient (Wildman–Crippen LogP) is 7.79. The van der Waals surface area contributed by atoms with E-state index in [-0.39, 0.29) is 17.5 Å². The summed E-state index contributed by atoms with van der Waals surface area (Å²) >= 11 is 1.27. The number of carbonyl (C=O) groups excluding carboxylic acids is 1. The fraction of sp³-hybridized carbons (Fsp3) is 0.273. The van der Waals surface area contributed by atoms with Gasteiger partial charge in [-0.05, 0) is 86.2 Å². The molecule has 0 atom stereocenters. The van der Waals surface area contributed by atoms with Crippen LogP contribution in [0, 0.1) is 13.8 Å². The number of hydrogen-bond acceptors (Lipinski definition) is 6. The molecule has 0 aliphatic carbocycles. The first kappa shape index (κ1) is 29.0. The monoisotopic (exact) mass is 555 g/mol. The van der Waals surface area contributed by atoms with Crippen LogP contribution in [-0.4, -0.2) is 34.7 Å². The van der Waals surface area contributed by atoms with Gasteiger partial charge in [-0.3, -0.25) is 4.79 Å². The summed E-state index contributed by atoms with van der Waals surface area (Å²) in [5, 5.41) is 25.3. The molecule has 0 aliphatic heterocycles. The standard InChI is InChI=1S/C33H37N3O3S/c1-6-8-13-28-29(36(7-2)24-19-21(3)18-22(4)20-24)30(37)31(33(39)35-28)40-25-16-14-23(15-17-25)26-11-9-10-12-27(26)32(38)34-5/h9-12,14-20H,6-8,13H2,1-5H3,(H,34,38)(H2,35,37,39). The number of anilines is 2. The molecule has 0 aliphatic rings. The molecule has 1 amide bonds. The van der Waals surface area contributed by atoms with E-state index in [0.29, 0.717) is 34.8 Å². The van der Waals surface area contributed by atoms with Crippen molar-refractivity contribution in [2.45, 2.75) is 56.7 Å². The van der Waals surface area contributed by atoms with Gasteiger partial charge in [0.25, 0.3) is 5.91 Å². The summed E-state index contributed by atoms with van der Waals surface area (Å²) in [4.78, 5) is 20.2.